The molecular weight excluding hydrogens is 258 g/mol. The second-order valence-corrected chi connectivity index (χ2v) is 3.59. The van der Waals surface area contributed by atoms with E-state index in [1.807, 2.05) is 6.07 Å². The number of hydrogen-bond acceptors (Lipinski definition) is 3. The van der Waals surface area contributed by atoms with E-state index in [-0.39, 0.29) is 11.1 Å². The second kappa shape index (κ2) is 3.87. The Labute approximate surface area is 94.4 Å². The van der Waals surface area contributed by atoms with Crippen LogP contribution < -0.4 is 0 Å². The highest BCUT2D eigenvalue weighted by Crippen LogP contribution is 2.21. The van der Waals surface area contributed by atoms with Gasteiger partial charge in [-0.05, 0) is 24.3 Å². The number of hydrogen-bond donors (Lipinski definition) is 0. The van der Waals surface area contributed by atoms with Gasteiger partial charge in [-0.1, -0.05) is 15.9 Å². The Morgan fingerprint density at radius 1 is 1.47 bits per heavy atom. The highest BCUT2D eigenvalue weighted by atomic mass is 79.9. The van der Waals surface area contributed by atoms with Gasteiger partial charge in [0.15, 0.2) is 5.76 Å². The van der Waals surface area contributed by atoms with Gasteiger partial charge in [0.1, 0.15) is 5.58 Å². The van der Waals surface area contributed by atoms with Crippen LogP contribution in [0.25, 0.3) is 11.0 Å². The van der Waals surface area contributed by atoms with Crippen molar-refractivity contribution < 1.29 is 9.21 Å². The summed E-state index contributed by atoms with van der Waals surface area (Å²) in [6.07, 6.45) is 0. The fourth-order valence-corrected chi connectivity index (χ4v) is 1.59. The number of ketones is 1. The monoisotopic (exact) mass is 263 g/mol. The fourth-order valence-electron chi connectivity index (χ4n) is 1.32. The van der Waals surface area contributed by atoms with Gasteiger partial charge in [0, 0.05) is 5.39 Å². The molecule has 0 unspecified atom stereocenters. The Balaban J connectivity index is 2.57. The number of nitriles is 1. The number of halogens is 1. The van der Waals surface area contributed by atoms with Crippen molar-refractivity contribution in [2.75, 3.05) is 5.33 Å². The Kier molecular flexibility index (Phi) is 2.57. The molecule has 0 amide bonds. The van der Waals surface area contributed by atoms with Gasteiger partial charge in [0.05, 0.1) is 17.0 Å². The average molecular weight is 264 g/mol. The smallest absolute Gasteiger partial charge is 0.208 e. The number of alkyl halides is 1. The normalized spacial score (nSPS) is 10.1. The third-order valence-corrected chi connectivity index (χ3v) is 2.55. The SMILES string of the molecule is N#Cc1ccc2oc(C(=O)CBr)cc2c1. The lowest BCUT2D eigenvalue weighted by Gasteiger charge is -1.88. The molecule has 0 radical (unpaired) electrons. The summed E-state index contributed by atoms with van der Waals surface area (Å²) >= 11 is 3.07. The van der Waals surface area contributed by atoms with Crippen molar-refractivity contribution in [3.63, 3.8) is 0 Å². The molecular formula is C11H6BrNO2. The van der Waals surface area contributed by atoms with Gasteiger partial charge in [0.25, 0.3) is 0 Å². The van der Waals surface area contributed by atoms with Crippen LogP contribution in [0, 0.1) is 11.3 Å². The Morgan fingerprint density at radius 3 is 2.93 bits per heavy atom. The number of carbonyl (C=O) groups is 1. The summed E-state index contributed by atoms with van der Waals surface area (Å²) in [6.45, 7) is 0. The van der Waals surface area contributed by atoms with Gasteiger partial charge < -0.3 is 4.42 Å². The molecule has 0 saturated carbocycles. The summed E-state index contributed by atoms with van der Waals surface area (Å²) in [7, 11) is 0. The van der Waals surface area contributed by atoms with Crippen molar-refractivity contribution in [2.45, 2.75) is 0 Å². The maximum absolute atomic E-state index is 11.3. The molecule has 15 heavy (non-hydrogen) atoms. The van der Waals surface area contributed by atoms with Crippen LogP contribution in [-0.2, 0) is 0 Å². The van der Waals surface area contributed by atoms with Crippen LogP contribution in [0.2, 0.25) is 0 Å². The molecule has 1 aromatic carbocycles. The quantitative estimate of drug-likeness (QED) is 0.619. The molecule has 0 aliphatic heterocycles. The van der Waals surface area contributed by atoms with E-state index >= 15 is 0 Å². The Morgan fingerprint density at radius 2 is 2.27 bits per heavy atom. The maximum atomic E-state index is 11.3. The van der Waals surface area contributed by atoms with Crippen LogP contribution >= 0.6 is 15.9 Å². The summed E-state index contributed by atoms with van der Waals surface area (Å²) < 4.78 is 5.33. The first kappa shape index (κ1) is 9.94. The van der Waals surface area contributed by atoms with E-state index in [2.05, 4.69) is 15.9 Å². The molecule has 2 rings (SSSR count). The largest absolute Gasteiger partial charge is 0.453 e. The molecule has 2 aromatic rings. The average Bonchev–Trinajstić information content (AvgIpc) is 2.70. The zero-order valence-electron chi connectivity index (χ0n) is 7.66. The van der Waals surface area contributed by atoms with Crippen molar-refractivity contribution in [2.24, 2.45) is 0 Å². The highest BCUT2D eigenvalue weighted by Gasteiger charge is 2.10. The molecule has 1 aromatic heterocycles. The molecule has 4 heteroatoms. The molecule has 0 spiro atoms. The third-order valence-electron chi connectivity index (χ3n) is 2.04. The van der Waals surface area contributed by atoms with Crippen molar-refractivity contribution in [1.82, 2.24) is 0 Å². The van der Waals surface area contributed by atoms with E-state index in [0.717, 1.165) is 5.39 Å². The number of carbonyl (C=O) groups excluding carboxylic acids is 1. The molecule has 74 valence electrons. The Bertz CT molecular complexity index is 565. The first-order valence-electron chi connectivity index (χ1n) is 4.27. The summed E-state index contributed by atoms with van der Waals surface area (Å²) in [5.41, 5.74) is 1.18. The van der Waals surface area contributed by atoms with Crippen LogP contribution in [0.15, 0.2) is 28.7 Å². The summed E-state index contributed by atoms with van der Waals surface area (Å²) in [5, 5.41) is 9.71. The number of rotatable bonds is 2. The number of furan rings is 1. The van der Waals surface area contributed by atoms with Crippen LogP contribution in [0.4, 0.5) is 0 Å². The molecule has 0 saturated heterocycles. The van der Waals surface area contributed by atoms with Crippen molar-refractivity contribution in [3.8, 4) is 6.07 Å². The van der Waals surface area contributed by atoms with Crippen LogP contribution in [0.3, 0.4) is 0 Å². The Hall–Kier alpha value is -1.60. The van der Waals surface area contributed by atoms with Gasteiger partial charge in [-0.2, -0.15) is 5.26 Å². The van der Waals surface area contributed by atoms with Crippen LogP contribution in [0.1, 0.15) is 16.1 Å². The number of Topliss-reactive ketones (excluding diaryl/α,β-unsaturated/α-hetero) is 1. The summed E-state index contributed by atoms with van der Waals surface area (Å²) in [5.74, 6) is 0.210. The van der Waals surface area contributed by atoms with E-state index < -0.39 is 0 Å². The van der Waals surface area contributed by atoms with Gasteiger partial charge in [-0.25, -0.2) is 0 Å². The van der Waals surface area contributed by atoms with Crippen LogP contribution in [0.5, 0.6) is 0 Å². The van der Waals surface area contributed by atoms with Crippen molar-refractivity contribution >= 4 is 32.7 Å². The molecule has 0 bridgehead atoms. The molecule has 0 atom stereocenters. The summed E-state index contributed by atoms with van der Waals surface area (Å²) in [4.78, 5) is 11.3. The first-order valence-corrected chi connectivity index (χ1v) is 5.39. The van der Waals surface area contributed by atoms with Gasteiger partial charge >= 0.3 is 0 Å². The molecule has 0 N–H and O–H groups in total. The lowest BCUT2D eigenvalue weighted by molar-refractivity contribution is 0.0995. The third kappa shape index (κ3) is 1.79. The first-order chi connectivity index (χ1) is 7.24. The highest BCUT2D eigenvalue weighted by molar-refractivity contribution is 9.09. The predicted octanol–water partition coefficient (Wildman–Crippen LogP) is 2.88. The van der Waals surface area contributed by atoms with Gasteiger partial charge in [0.2, 0.25) is 5.78 Å². The van der Waals surface area contributed by atoms with Crippen molar-refractivity contribution in [3.05, 3.63) is 35.6 Å². The molecule has 1 heterocycles. The topological polar surface area (TPSA) is 54.0 Å². The lowest BCUT2D eigenvalue weighted by atomic mass is 10.2. The summed E-state index contributed by atoms with van der Waals surface area (Å²) in [6, 6.07) is 8.74. The second-order valence-electron chi connectivity index (χ2n) is 3.03. The molecule has 0 aliphatic rings. The number of nitrogens with zero attached hydrogens (tertiary/aromatic N) is 1. The van der Waals surface area contributed by atoms with Gasteiger partial charge in [-0.15, -0.1) is 0 Å². The zero-order valence-corrected chi connectivity index (χ0v) is 9.24. The van der Waals surface area contributed by atoms with Crippen LogP contribution in [-0.4, -0.2) is 11.1 Å². The van der Waals surface area contributed by atoms with E-state index in [1.54, 1.807) is 24.3 Å². The fraction of sp³-hybridized carbons (Fsp3) is 0.0909. The standard InChI is InChI=1S/C11H6BrNO2/c12-5-9(14)11-4-8-3-7(6-13)1-2-10(8)15-11/h1-4H,5H2. The molecule has 3 nitrogen and oxygen atoms in total. The zero-order chi connectivity index (χ0) is 10.8. The van der Waals surface area contributed by atoms with Gasteiger partial charge in [-0.3, -0.25) is 4.79 Å². The van der Waals surface area contributed by atoms with E-state index in [1.165, 1.54) is 0 Å². The minimum absolute atomic E-state index is 0.107. The van der Waals surface area contributed by atoms with E-state index in [0.29, 0.717) is 16.9 Å². The molecule has 0 aliphatic carbocycles. The van der Waals surface area contributed by atoms with E-state index in [9.17, 15) is 4.79 Å². The minimum Gasteiger partial charge on any atom is -0.453 e. The number of fused-ring (bicyclic) bond motifs is 1. The predicted molar refractivity (Wildman–Crippen MR) is 59.1 cm³/mol. The van der Waals surface area contributed by atoms with E-state index in [4.69, 9.17) is 9.68 Å². The lowest BCUT2D eigenvalue weighted by Crippen LogP contribution is -1.96. The minimum atomic E-state index is -0.107. The maximum Gasteiger partial charge on any atom is 0.208 e. The molecule has 0 fully saturated rings. The van der Waals surface area contributed by atoms with Crippen molar-refractivity contribution in [1.29, 1.82) is 5.26 Å². The number of benzene rings is 1.